The summed E-state index contributed by atoms with van der Waals surface area (Å²) in [6.45, 7) is 11.4. The van der Waals surface area contributed by atoms with Crippen molar-refractivity contribution in [3.05, 3.63) is 116 Å². The summed E-state index contributed by atoms with van der Waals surface area (Å²) in [4.78, 5) is 42.6. The Labute approximate surface area is 296 Å². The third kappa shape index (κ3) is 7.89. The monoisotopic (exact) mass is 726 g/mol. The standard InChI is InChI=1S/C40H43BrN2O6/c1-22-9-8-10-27(15-22)21-49-37-29(41)18-28(19-33(37)48-7)34-35(38(45)42-30-16-23(2)11-13-25(30)4)32(44)20-40(6,47)36(34)39(46)43-31-17-24(3)12-14-26(31)5/h8-19,34-36,47H,20-21H2,1-7H3,(H,42,45)(H,43,46). The number of halogens is 1. The van der Waals surface area contributed by atoms with E-state index in [0.29, 0.717) is 32.9 Å². The SMILES string of the molecule is COc1cc(C2C(C(=O)Nc3cc(C)ccc3C)C(=O)CC(C)(O)C2C(=O)Nc2cc(C)ccc2C)cc(Br)c1OCc1cccc(C)c1. The second-order valence-electron chi connectivity index (χ2n) is 13.4. The molecular weight excluding hydrogens is 684 g/mol. The van der Waals surface area contributed by atoms with Crippen molar-refractivity contribution in [2.24, 2.45) is 11.8 Å². The Morgan fingerprint density at radius 2 is 1.45 bits per heavy atom. The molecule has 0 heterocycles. The van der Waals surface area contributed by atoms with Gasteiger partial charge in [-0.3, -0.25) is 14.4 Å². The molecule has 2 amide bonds. The molecular formula is C40H43BrN2O6. The molecule has 4 atom stereocenters. The molecule has 49 heavy (non-hydrogen) atoms. The number of carbonyl (C=O) groups excluding carboxylic acids is 3. The molecule has 0 radical (unpaired) electrons. The highest BCUT2D eigenvalue weighted by molar-refractivity contribution is 9.10. The van der Waals surface area contributed by atoms with E-state index in [1.165, 1.54) is 14.0 Å². The molecule has 3 N–H and O–H groups in total. The number of ether oxygens (including phenoxy) is 2. The molecule has 1 aliphatic carbocycles. The first-order chi connectivity index (χ1) is 23.2. The minimum atomic E-state index is -1.78. The first-order valence-corrected chi connectivity index (χ1v) is 17.0. The zero-order valence-corrected chi connectivity index (χ0v) is 30.5. The van der Waals surface area contributed by atoms with Crippen LogP contribution >= 0.6 is 15.9 Å². The zero-order valence-electron chi connectivity index (χ0n) is 28.9. The van der Waals surface area contributed by atoms with E-state index in [2.05, 4.69) is 26.6 Å². The van der Waals surface area contributed by atoms with Crippen molar-refractivity contribution in [1.29, 1.82) is 0 Å². The van der Waals surface area contributed by atoms with Crippen LogP contribution in [0.25, 0.3) is 0 Å². The van der Waals surface area contributed by atoms with Crippen LogP contribution in [0, 0.1) is 46.5 Å². The maximum absolute atomic E-state index is 14.4. The van der Waals surface area contributed by atoms with Gasteiger partial charge in [0.15, 0.2) is 11.5 Å². The van der Waals surface area contributed by atoms with Gasteiger partial charge in [-0.15, -0.1) is 0 Å². The van der Waals surface area contributed by atoms with E-state index in [4.69, 9.17) is 9.47 Å². The number of aryl methyl sites for hydroxylation is 5. The molecule has 0 spiro atoms. The Morgan fingerprint density at radius 1 is 0.857 bits per heavy atom. The topological polar surface area (TPSA) is 114 Å². The highest BCUT2D eigenvalue weighted by Gasteiger charge is 2.56. The molecule has 0 aromatic heterocycles. The van der Waals surface area contributed by atoms with Crippen LogP contribution in [0.15, 0.2) is 77.3 Å². The maximum atomic E-state index is 14.4. The molecule has 4 aromatic carbocycles. The van der Waals surface area contributed by atoms with Gasteiger partial charge in [-0.2, -0.15) is 0 Å². The van der Waals surface area contributed by atoms with Crippen molar-refractivity contribution < 1.29 is 29.0 Å². The molecule has 0 saturated heterocycles. The predicted octanol–water partition coefficient (Wildman–Crippen LogP) is 7.90. The summed E-state index contributed by atoms with van der Waals surface area (Å²) < 4.78 is 12.5. The van der Waals surface area contributed by atoms with Gasteiger partial charge >= 0.3 is 0 Å². The highest BCUT2D eigenvalue weighted by Crippen LogP contribution is 2.49. The number of ketones is 1. The van der Waals surface area contributed by atoms with Gasteiger partial charge in [-0.1, -0.05) is 54.1 Å². The third-order valence-electron chi connectivity index (χ3n) is 9.24. The second-order valence-corrected chi connectivity index (χ2v) is 14.3. The Balaban J connectivity index is 1.61. The lowest BCUT2D eigenvalue weighted by molar-refractivity contribution is -0.150. The molecule has 0 bridgehead atoms. The normalized spacial score (nSPS) is 20.4. The number of Topliss-reactive ketones (excluding diaryl/α,β-unsaturated/α-hetero) is 1. The first-order valence-electron chi connectivity index (χ1n) is 16.3. The number of hydrogen-bond acceptors (Lipinski definition) is 6. The molecule has 0 aliphatic heterocycles. The van der Waals surface area contributed by atoms with Crippen LogP contribution in [0.3, 0.4) is 0 Å². The number of aliphatic hydroxyl groups is 1. The Kier molecular flexibility index (Phi) is 10.6. The van der Waals surface area contributed by atoms with Crippen LogP contribution in [0.1, 0.15) is 58.2 Å². The fourth-order valence-electron chi connectivity index (χ4n) is 6.68. The molecule has 1 aliphatic rings. The summed E-state index contributed by atoms with van der Waals surface area (Å²) in [6, 6.07) is 22.8. The average molecular weight is 728 g/mol. The van der Waals surface area contributed by atoms with Gasteiger partial charge < -0.3 is 25.2 Å². The van der Waals surface area contributed by atoms with Gasteiger partial charge in [0.1, 0.15) is 18.3 Å². The van der Waals surface area contributed by atoms with E-state index in [-0.39, 0.29) is 13.0 Å². The summed E-state index contributed by atoms with van der Waals surface area (Å²) >= 11 is 3.64. The lowest BCUT2D eigenvalue weighted by Crippen LogP contribution is -2.56. The molecule has 9 heteroatoms. The maximum Gasteiger partial charge on any atom is 0.235 e. The van der Waals surface area contributed by atoms with Gasteiger partial charge in [-0.25, -0.2) is 0 Å². The molecule has 256 valence electrons. The number of hydrogen-bond donors (Lipinski definition) is 3. The van der Waals surface area contributed by atoms with Gasteiger partial charge in [0.05, 0.1) is 23.1 Å². The summed E-state index contributed by atoms with van der Waals surface area (Å²) in [6.07, 6.45) is -0.380. The smallest absolute Gasteiger partial charge is 0.235 e. The molecule has 4 aromatic rings. The number of methoxy groups -OCH3 is 1. The zero-order chi connectivity index (χ0) is 35.6. The fourth-order valence-corrected chi connectivity index (χ4v) is 7.26. The number of carbonyl (C=O) groups is 3. The van der Waals surface area contributed by atoms with Crippen LogP contribution in [0.5, 0.6) is 11.5 Å². The van der Waals surface area contributed by atoms with E-state index < -0.39 is 41.0 Å². The van der Waals surface area contributed by atoms with Crippen molar-refractivity contribution in [2.75, 3.05) is 17.7 Å². The summed E-state index contributed by atoms with van der Waals surface area (Å²) in [5, 5.41) is 17.8. The van der Waals surface area contributed by atoms with Crippen LogP contribution < -0.4 is 20.1 Å². The molecule has 4 unspecified atom stereocenters. The number of rotatable bonds is 9. The molecule has 5 rings (SSSR count). The van der Waals surface area contributed by atoms with Crippen molar-refractivity contribution in [2.45, 2.75) is 66.1 Å². The molecule has 8 nitrogen and oxygen atoms in total. The Bertz CT molecular complexity index is 1920. The lowest BCUT2D eigenvalue weighted by Gasteiger charge is -2.44. The van der Waals surface area contributed by atoms with Crippen molar-refractivity contribution in [3.8, 4) is 11.5 Å². The van der Waals surface area contributed by atoms with Crippen molar-refractivity contribution in [1.82, 2.24) is 0 Å². The quantitative estimate of drug-likeness (QED) is 0.151. The Hall–Kier alpha value is -4.47. The molecule has 1 saturated carbocycles. The van der Waals surface area contributed by atoms with Crippen molar-refractivity contribution >= 4 is 44.9 Å². The second kappa shape index (κ2) is 14.6. The molecule has 1 fully saturated rings. The van der Waals surface area contributed by atoms with E-state index in [9.17, 15) is 19.5 Å². The minimum Gasteiger partial charge on any atom is -0.493 e. The fraction of sp³-hybridized carbons (Fsp3) is 0.325. The predicted molar refractivity (Wildman–Crippen MR) is 195 cm³/mol. The van der Waals surface area contributed by atoms with Crippen LogP contribution in [-0.4, -0.2) is 35.4 Å². The van der Waals surface area contributed by atoms with E-state index in [1.807, 2.05) is 95.3 Å². The summed E-state index contributed by atoms with van der Waals surface area (Å²) in [5.74, 6) is -4.33. The number of nitrogens with one attached hydrogen (secondary N) is 2. The number of anilines is 2. The average Bonchev–Trinajstić information content (AvgIpc) is 3.02. The Morgan fingerprint density at radius 3 is 2.04 bits per heavy atom. The van der Waals surface area contributed by atoms with Gasteiger partial charge in [-0.05, 0) is 115 Å². The van der Waals surface area contributed by atoms with E-state index >= 15 is 0 Å². The minimum absolute atomic E-state index is 0.272. The van der Waals surface area contributed by atoms with Crippen LogP contribution in [-0.2, 0) is 21.0 Å². The largest absolute Gasteiger partial charge is 0.493 e. The van der Waals surface area contributed by atoms with Crippen LogP contribution in [0.2, 0.25) is 0 Å². The van der Waals surface area contributed by atoms with Gasteiger partial charge in [0.25, 0.3) is 0 Å². The highest BCUT2D eigenvalue weighted by atomic mass is 79.9. The van der Waals surface area contributed by atoms with Gasteiger partial charge in [0.2, 0.25) is 11.8 Å². The van der Waals surface area contributed by atoms with Crippen LogP contribution in [0.4, 0.5) is 11.4 Å². The van der Waals surface area contributed by atoms with Gasteiger partial charge in [0, 0.05) is 23.7 Å². The lowest BCUT2D eigenvalue weighted by atomic mass is 9.61. The first kappa shape index (κ1) is 35.8. The summed E-state index contributed by atoms with van der Waals surface area (Å²) in [5.41, 5.74) is 5.47. The van der Waals surface area contributed by atoms with E-state index in [1.54, 1.807) is 12.1 Å². The third-order valence-corrected chi connectivity index (χ3v) is 9.83. The van der Waals surface area contributed by atoms with Crippen molar-refractivity contribution in [3.63, 3.8) is 0 Å². The number of amides is 2. The van der Waals surface area contributed by atoms with E-state index in [0.717, 1.165) is 33.4 Å². The summed E-state index contributed by atoms with van der Waals surface area (Å²) in [7, 11) is 1.50. The number of benzene rings is 4.